The number of hydrogen-bond acceptors (Lipinski definition) is 3. The molecule has 2 aromatic rings. The molecule has 0 spiro atoms. The normalized spacial score (nSPS) is 16.8. The van der Waals surface area contributed by atoms with Gasteiger partial charge in [-0.25, -0.2) is 4.39 Å². The first-order chi connectivity index (χ1) is 9.72. The Morgan fingerprint density at radius 2 is 2.10 bits per heavy atom. The van der Waals surface area contributed by atoms with Gasteiger partial charge < -0.3 is 15.0 Å². The smallest absolute Gasteiger partial charge is 0.143 e. The van der Waals surface area contributed by atoms with Crippen LogP contribution in [-0.4, -0.2) is 26.2 Å². The second-order valence-corrected chi connectivity index (χ2v) is 4.98. The van der Waals surface area contributed by atoms with Gasteiger partial charge in [-0.15, -0.1) is 0 Å². The van der Waals surface area contributed by atoms with E-state index in [0.717, 1.165) is 23.7 Å². The molecule has 20 heavy (non-hydrogen) atoms. The highest BCUT2D eigenvalue weighted by Gasteiger charge is 2.20. The average Bonchev–Trinajstić information content (AvgIpc) is 2.47. The summed E-state index contributed by atoms with van der Waals surface area (Å²) < 4.78 is 19.2. The van der Waals surface area contributed by atoms with Crippen molar-refractivity contribution in [2.45, 2.75) is 6.10 Å². The largest absolute Gasteiger partial charge is 0.485 e. The third kappa shape index (κ3) is 2.69. The summed E-state index contributed by atoms with van der Waals surface area (Å²) in [6.07, 6.45) is 0.0400. The van der Waals surface area contributed by atoms with Crippen LogP contribution in [0.4, 0.5) is 15.8 Å². The van der Waals surface area contributed by atoms with Crippen molar-refractivity contribution < 1.29 is 9.13 Å². The first-order valence-electron chi connectivity index (χ1n) is 6.68. The summed E-state index contributed by atoms with van der Waals surface area (Å²) in [5.41, 5.74) is 1.88. The molecule has 0 bridgehead atoms. The first kappa shape index (κ1) is 12.8. The third-order valence-electron chi connectivity index (χ3n) is 3.43. The van der Waals surface area contributed by atoms with Crippen LogP contribution >= 0.6 is 0 Å². The highest BCUT2D eigenvalue weighted by atomic mass is 19.1. The first-order valence-corrected chi connectivity index (χ1v) is 6.68. The number of nitrogens with one attached hydrogen (secondary N) is 1. The molecule has 104 valence electrons. The fourth-order valence-electron chi connectivity index (χ4n) is 2.39. The Morgan fingerprint density at radius 3 is 2.95 bits per heavy atom. The molecule has 0 saturated carbocycles. The number of anilines is 2. The van der Waals surface area contributed by atoms with E-state index in [1.54, 1.807) is 6.07 Å². The molecule has 0 amide bonds. The standard InChI is InChI=1S/C16H17FN2O/c1-19(13-6-4-5-12(17)9-13)11-14-10-18-15-7-2-3-8-16(15)20-14/h2-9,14,18H,10-11H2,1H3. The summed E-state index contributed by atoms with van der Waals surface area (Å²) in [6.45, 7) is 1.45. The van der Waals surface area contributed by atoms with E-state index < -0.39 is 0 Å². The van der Waals surface area contributed by atoms with Crippen LogP contribution in [0.2, 0.25) is 0 Å². The summed E-state index contributed by atoms with van der Waals surface area (Å²) in [5, 5.41) is 3.36. The number of fused-ring (bicyclic) bond motifs is 1. The zero-order valence-corrected chi connectivity index (χ0v) is 11.3. The SMILES string of the molecule is CN(CC1CNc2ccccc2O1)c1cccc(F)c1. The lowest BCUT2D eigenvalue weighted by Crippen LogP contribution is -2.40. The lowest BCUT2D eigenvalue weighted by molar-refractivity contribution is 0.212. The lowest BCUT2D eigenvalue weighted by Gasteiger charge is -2.31. The molecule has 1 aliphatic rings. The lowest BCUT2D eigenvalue weighted by atomic mass is 10.2. The van der Waals surface area contributed by atoms with Crippen molar-refractivity contribution in [3.8, 4) is 5.75 Å². The quantitative estimate of drug-likeness (QED) is 0.929. The van der Waals surface area contributed by atoms with Crippen LogP contribution in [0, 0.1) is 5.82 Å². The Hall–Kier alpha value is -2.23. The molecule has 1 aliphatic heterocycles. The molecular formula is C16H17FN2O. The van der Waals surface area contributed by atoms with E-state index >= 15 is 0 Å². The van der Waals surface area contributed by atoms with Gasteiger partial charge >= 0.3 is 0 Å². The number of benzene rings is 2. The van der Waals surface area contributed by atoms with E-state index in [-0.39, 0.29) is 11.9 Å². The second kappa shape index (κ2) is 5.41. The Balaban J connectivity index is 1.67. The topological polar surface area (TPSA) is 24.5 Å². The van der Waals surface area contributed by atoms with Gasteiger partial charge in [0.15, 0.2) is 0 Å². The molecule has 0 aliphatic carbocycles. The minimum atomic E-state index is -0.220. The number of halogens is 1. The number of ether oxygens (including phenoxy) is 1. The van der Waals surface area contributed by atoms with Crippen LogP contribution in [-0.2, 0) is 0 Å². The molecule has 3 nitrogen and oxygen atoms in total. The molecule has 0 fully saturated rings. The molecule has 1 N–H and O–H groups in total. The summed E-state index contributed by atoms with van der Waals surface area (Å²) in [6, 6.07) is 14.5. The van der Waals surface area contributed by atoms with E-state index in [0.29, 0.717) is 6.54 Å². The van der Waals surface area contributed by atoms with Crippen molar-refractivity contribution >= 4 is 11.4 Å². The van der Waals surface area contributed by atoms with Crippen LogP contribution < -0.4 is 15.0 Å². The maximum Gasteiger partial charge on any atom is 0.143 e. The molecule has 1 atom stereocenters. The van der Waals surface area contributed by atoms with Crippen molar-refractivity contribution in [3.05, 3.63) is 54.3 Å². The molecule has 0 saturated heterocycles. The van der Waals surface area contributed by atoms with Crippen LogP contribution in [0.25, 0.3) is 0 Å². The van der Waals surface area contributed by atoms with Gasteiger partial charge in [0.2, 0.25) is 0 Å². The molecule has 2 aromatic carbocycles. The molecule has 1 unspecified atom stereocenters. The highest BCUT2D eigenvalue weighted by molar-refractivity contribution is 5.58. The second-order valence-electron chi connectivity index (χ2n) is 4.98. The molecule has 4 heteroatoms. The number of para-hydroxylation sites is 2. The molecular weight excluding hydrogens is 255 g/mol. The van der Waals surface area contributed by atoms with E-state index in [1.165, 1.54) is 12.1 Å². The van der Waals surface area contributed by atoms with Crippen LogP contribution in [0.1, 0.15) is 0 Å². The fraction of sp³-hybridized carbons (Fsp3) is 0.250. The van der Waals surface area contributed by atoms with Gasteiger partial charge in [0, 0.05) is 12.7 Å². The number of nitrogens with zero attached hydrogens (tertiary/aromatic N) is 1. The molecule has 0 radical (unpaired) electrons. The van der Waals surface area contributed by atoms with Crippen LogP contribution in [0.5, 0.6) is 5.75 Å². The third-order valence-corrected chi connectivity index (χ3v) is 3.43. The summed E-state index contributed by atoms with van der Waals surface area (Å²) in [4.78, 5) is 2.00. The minimum Gasteiger partial charge on any atom is -0.485 e. The highest BCUT2D eigenvalue weighted by Crippen LogP contribution is 2.28. The van der Waals surface area contributed by atoms with E-state index in [1.807, 2.05) is 42.3 Å². The number of hydrogen-bond donors (Lipinski definition) is 1. The van der Waals surface area contributed by atoms with Gasteiger partial charge in [0.05, 0.1) is 18.8 Å². The van der Waals surface area contributed by atoms with Gasteiger partial charge in [-0.2, -0.15) is 0 Å². The van der Waals surface area contributed by atoms with Gasteiger partial charge in [-0.1, -0.05) is 18.2 Å². The monoisotopic (exact) mass is 272 g/mol. The van der Waals surface area contributed by atoms with E-state index in [9.17, 15) is 4.39 Å². The Morgan fingerprint density at radius 1 is 1.25 bits per heavy atom. The molecule has 0 aromatic heterocycles. The van der Waals surface area contributed by atoms with Crippen LogP contribution in [0.3, 0.4) is 0 Å². The Labute approximate surface area is 118 Å². The fourth-order valence-corrected chi connectivity index (χ4v) is 2.39. The van der Waals surface area contributed by atoms with Crippen LogP contribution in [0.15, 0.2) is 48.5 Å². The van der Waals surface area contributed by atoms with Crippen molar-refractivity contribution in [1.29, 1.82) is 0 Å². The maximum atomic E-state index is 13.2. The summed E-state index contributed by atoms with van der Waals surface area (Å²) in [7, 11) is 1.94. The number of likely N-dealkylation sites (N-methyl/N-ethyl adjacent to an activating group) is 1. The zero-order chi connectivity index (χ0) is 13.9. The van der Waals surface area contributed by atoms with Gasteiger partial charge in [0.1, 0.15) is 17.7 Å². The maximum absolute atomic E-state index is 13.2. The van der Waals surface area contributed by atoms with E-state index in [2.05, 4.69) is 5.32 Å². The van der Waals surface area contributed by atoms with Crippen molar-refractivity contribution in [1.82, 2.24) is 0 Å². The van der Waals surface area contributed by atoms with Gasteiger partial charge in [-0.05, 0) is 30.3 Å². The predicted octanol–water partition coefficient (Wildman–Crippen LogP) is 3.14. The summed E-state index contributed by atoms with van der Waals surface area (Å²) >= 11 is 0. The average molecular weight is 272 g/mol. The Bertz CT molecular complexity index is 603. The zero-order valence-electron chi connectivity index (χ0n) is 11.3. The number of rotatable bonds is 3. The predicted molar refractivity (Wildman–Crippen MR) is 79.0 cm³/mol. The van der Waals surface area contributed by atoms with E-state index in [4.69, 9.17) is 4.74 Å². The van der Waals surface area contributed by atoms with Gasteiger partial charge in [-0.3, -0.25) is 0 Å². The molecule has 1 heterocycles. The minimum absolute atomic E-state index is 0.0400. The van der Waals surface area contributed by atoms with Crippen molar-refractivity contribution in [2.24, 2.45) is 0 Å². The van der Waals surface area contributed by atoms with Crippen molar-refractivity contribution in [2.75, 3.05) is 30.4 Å². The van der Waals surface area contributed by atoms with Gasteiger partial charge in [0.25, 0.3) is 0 Å². The molecule has 3 rings (SSSR count). The summed E-state index contributed by atoms with van der Waals surface area (Å²) in [5.74, 6) is 0.652. The van der Waals surface area contributed by atoms with Crippen molar-refractivity contribution in [3.63, 3.8) is 0 Å². The Kier molecular flexibility index (Phi) is 3.46.